The Bertz CT molecular complexity index is 500. The van der Waals surface area contributed by atoms with Gasteiger partial charge < -0.3 is 11.5 Å². The van der Waals surface area contributed by atoms with Crippen molar-refractivity contribution in [3.63, 3.8) is 0 Å². The fourth-order valence-corrected chi connectivity index (χ4v) is 1.86. The van der Waals surface area contributed by atoms with E-state index >= 15 is 0 Å². The third-order valence-corrected chi connectivity index (χ3v) is 3.16. The number of anilines is 2. The minimum absolute atomic E-state index is 0.595. The zero-order chi connectivity index (χ0) is 12.4. The summed E-state index contributed by atoms with van der Waals surface area (Å²) in [5.74, 6) is 0. The van der Waals surface area contributed by atoms with E-state index in [1.807, 2.05) is 37.3 Å². The third kappa shape index (κ3) is 2.71. The van der Waals surface area contributed by atoms with E-state index in [1.54, 1.807) is 0 Å². The summed E-state index contributed by atoms with van der Waals surface area (Å²) >= 11 is 5.88. The summed E-state index contributed by atoms with van der Waals surface area (Å²) in [6.07, 6.45) is 0.811. The molecule has 0 spiro atoms. The predicted molar refractivity (Wildman–Crippen MR) is 74.3 cm³/mol. The lowest BCUT2D eigenvalue weighted by Crippen LogP contribution is -1.95. The number of hydrogen-bond acceptors (Lipinski definition) is 2. The first kappa shape index (κ1) is 11.8. The van der Waals surface area contributed by atoms with Gasteiger partial charge in [0.25, 0.3) is 0 Å². The van der Waals surface area contributed by atoms with E-state index in [-0.39, 0.29) is 0 Å². The lowest BCUT2D eigenvalue weighted by Gasteiger charge is -2.07. The predicted octanol–water partition coefficient (Wildman–Crippen LogP) is 3.40. The van der Waals surface area contributed by atoms with Crippen molar-refractivity contribution in [1.82, 2.24) is 0 Å². The van der Waals surface area contributed by atoms with Gasteiger partial charge in [0.15, 0.2) is 0 Å². The van der Waals surface area contributed by atoms with Crippen LogP contribution in [0.1, 0.15) is 16.7 Å². The van der Waals surface area contributed by atoms with Gasteiger partial charge in [0.1, 0.15) is 0 Å². The average Bonchev–Trinajstić information content (AvgIpc) is 2.29. The van der Waals surface area contributed by atoms with Crippen molar-refractivity contribution in [2.24, 2.45) is 0 Å². The molecule has 0 heterocycles. The van der Waals surface area contributed by atoms with E-state index in [2.05, 4.69) is 6.07 Å². The van der Waals surface area contributed by atoms with Gasteiger partial charge in [-0.25, -0.2) is 0 Å². The van der Waals surface area contributed by atoms with Gasteiger partial charge in [-0.15, -0.1) is 0 Å². The Labute approximate surface area is 106 Å². The molecule has 2 nitrogen and oxygen atoms in total. The zero-order valence-corrected chi connectivity index (χ0v) is 10.5. The molecule has 0 aliphatic carbocycles. The number of halogens is 1. The molecule has 17 heavy (non-hydrogen) atoms. The minimum atomic E-state index is 0.595. The van der Waals surface area contributed by atoms with E-state index in [0.29, 0.717) is 10.7 Å². The Balaban J connectivity index is 2.25. The van der Waals surface area contributed by atoms with Crippen molar-refractivity contribution >= 4 is 23.0 Å². The van der Waals surface area contributed by atoms with E-state index in [1.165, 1.54) is 5.56 Å². The van der Waals surface area contributed by atoms with Gasteiger partial charge in [-0.05, 0) is 48.2 Å². The van der Waals surface area contributed by atoms with Crippen LogP contribution in [0.3, 0.4) is 0 Å². The van der Waals surface area contributed by atoms with Crippen molar-refractivity contribution in [2.45, 2.75) is 13.3 Å². The normalized spacial score (nSPS) is 10.5. The molecule has 2 aromatic carbocycles. The number of nitrogen functional groups attached to an aromatic ring is 2. The van der Waals surface area contributed by atoms with Crippen molar-refractivity contribution in [1.29, 1.82) is 0 Å². The van der Waals surface area contributed by atoms with Crippen LogP contribution >= 0.6 is 11.6 Å². The second-order valence-corrected chi connectivity index (χ2v) is 4.63. The molecule has 0 saturated heterocycles. The van der Waals surface area contributed by atoms with Crippen molar-refractivity contribution in [3.8, 4) is 0 Å². The van der Waals surface area contributed by atoms with Crippen LogP contribution in [-0.4, -0.2) is 0 Å². The maximum Gasteiger partial charge on any atom is 0.0635 e. The van der Waals surface area contributed by atoms with Crippen LogP contribution in [0.5, 0.6) is 0 Å². The van der Waals surface area contributed by atoms with E-state index in [0.717, 1.165) is 23.2 Å². The van der Waals surface area contributed by atoms with E-state index < -0.39 is 0 Å². The molecule has 4 N–H and O–H groups in total. The number of aryl methyl sites for hydroxylation is 1. The molecule has 3 heteroatoms. The lowest BCUT2D eigenvalue weighted by atomic mass is 10.0. The second kappa shape index (κ2) is 4.68. The summed E-state index contributed by atoms with van der Waals surface area (Å²) in [6, 6.07) is 11.8. The zero-order valence-electron chi connectivity index (χ0n) is 9.70. The van der Waals surface area contributed by atoms with Crippen molar-refractivity contribution < 1.29 is 0 Å². The van der Waals surface area contributed by atoms with Crippen LogP contribution in [0.25, 0.3) is 0 Å². The first-order valence-corrected chi connectivity index (χ1v) is 5.83. The van der Waals surface area contributed by atoms with Gasteiger partial charge in [-0.2, -0.15) is 0 Å². The molecule has 0 aliphatic rings. The van der Waals surface area contributed by atoms with Crippen molar-refractivity contribution in [3.05, 3.63) is 58.1 Å². The highest BCUT2D eigenvalue weighted by Crippen LogP contribution is 2.22. The van der Waals surface area contributed by atoms with Crippen LogP contribution in [-0.2, 0) is 6.42 Å². The molecule has 0 unspecified atom stereocenters. The summed E-state index contributed by atoms with van der Waals surface area (Å²) in [6.45, 7) is 2.00. The van der Waals surface area contributed by atoms with Gasteiger partial charge in [-0.1, -0.05) is 29.8 Å². The molecule has 0 aromatic heterocycles. The SMILES string of the molecule is Cc1ccc(Cc2ccc(Cl)c(N)c2)cc1N. The maximum atomic E-state index is 5.88. The largest absolute Gasteiger partial charge is 0.399 e. The molecular weight excluding hydrogens is 232 g/mol. The summed E-state index contributed by atoms with van der Waals surface area (Å²) in [7, 11) is 0. The molecule has 0 atom stereocenters. The highest BCUT2D eigenvalue weighted by molar-refractivity contribution is 6.33. The maximum absolute atomic E-state index is 5.88. The molecule has 0 aliphatic heterocycles. The fourth-order valence-electron chi connectivity index (χ4n) is 1.74. The Kier molecular flexibility index (Phi) is 3.25. The van der Waals surface area contributed by atoms with Crippen LogP contribution in [0.4, 0.5) is 11.4 Å². The summed E-state index contributed by atoms with van der Waals surface area (Å²) in [5.41, 5.74) is 16.5. The minimum Gasteiger partial charge on any atom is -0.399 e. The standard InChI is InChI=1S/C14H15ClN2/c1-9-2-3-10(7-13(9)16)6-11-4-5-12(15)14(17)8-11/h2-5,7-8H,6,16-17H2,1H3. The lowest BCUT2D eigenvalue weighted by molar-refractivity contribution is 1.19. The van der Waals surface area contributed by atoms with E-state index in [4.69, 9.17) is 23.1 Å². The van der Waals surface area contributed by atoms with Gasteiger partial charge in [-0.3, -0.25) is 0 Å². The van der Waals surface area contributed by atoms with Gasteiger partial charge in [0, 0.05) is 5.69 Å². The topological polar surface area (TPSA) is 52.0 Å². The summed E-state index contributed by atoms with van der Waals surface area (Å²) in [4.78, 5) is 0. The fraction of sp³-hybridized carbons (Fsp3) is 0.143. The van der Waals surface area contributed by atoms with Gasteiger partial charge in [0.05, 0.1) is 10.7 Å². The number of hydrogen-bond donors (Lipinski definition) is 2. The molecule has 0 saturated carbocycles. The molecule has 2 aromatic rings. The van der Waals surface area contributed by atoms with Crippen LogP contribution in [0.15, 0.2) is 36.4 Å². The van der Waals surface area contributed by atoms with Gasteiger partial charge in [0.2, 0.25) is 0 Å². The molecule has 88 valence electrons. The van der Waals surface area contributed by atoms with Crippen molar-refractivity contribution in [2.75, 3.05) is 11.5 Å². The monoisotopic (exact) mass is 246 g/mol. The number of nitrogens with two attached hydrogens (primary N) is 2. The summed E-state index contributed by atoms with van der Waals surface area (Å²) in [5, 5.41) is 0.595. The molecule has 0 fully saturated rings. The average molecular weight is 247 g/mol. The molecule has 0 radical (unpaired) electrons. The first-order chi connectivity index (χ1) is 8.06. The highest BCUT2D eigenvalue weighted by atomic mass is 35.5. The Hall–Kier alpha value is -1.67. The van der Waals surface area contributed by atoms with Crippen LogP contribution in [0.2, 0.25) is 5.02 Å². The quantitative estimate of drug-likeness (QED) is 0.798. The third-order valence-electron chi connectivity index (χ3n) is 2.81. The molecular formula is C14H15ClN2. The Morgan fingerprint density at radius 3 is 2.12 bits per heavy atom. The number of rotatable bonds is 2. The van der Waals surface area contributed by atoms with Crippen LogP contribution in [0, 0.1) is 6.92 Å². The smallest absolute Gasteiger partial charge is 0.0635 e. The second-order valence-electron chi connectivity index (χ2n) is 4.22. The number of benzene rings is 2. The first-order valence-electron chi connectivity index (χ1n) is 5.45. The van der Waals surface area contributed by atoms with Gasteiger partial charge >= 0.3 is 0 Å². The van der Waals surface area contributed by atoms with E-state index in [9.17, 15) is 0 Å². The Morgan fingerprint density at radius 2 is 1.53 bits per heavy atom. The van der Waals surface area contributed by atoms with Crippen LogP contribution < -0.4 is 11.5 Å². The molecule has 0 amide bonds. The summed E-state index contributed by atoms with van der Waals surface area (Å²) < 4.78 is 0. The molecule has 0 bridgehead atoms. The Morgan fingerprint density at radius 1 is 0.941 bits per heavy atom. The molecule has 2 rings (SSSR count). The highest BCUT2D eigenvalue weighted by Gasteiger charge is 2.01.